The van der Waals surface area contributed by atoms with Gasteiger partial charge in [0.15, 0.2) is 0 Å². The first kappa shape index (κ1) is 8.77. The lowest BCUT2D eigenvalue weighted by Crippen LogP contribution is -2.12. The zero-order valence-electron chi connectivity index (χ0n) is 7.51. The van der Waals surface area contributed by atoms with Crippen LogP contribution in [-0.2, 0) is 5.41 Å². The average molecular weight is 167 g/mol. The molecule has 4 heteroatoms. The number of amides is 1. The maximum absolute atomic E-state index is 10.7. The number of nitrogens with zero attached hydrogens (tertiary/aromatic N) is 1. The number of H-pyrrole nitrogens is 1. The van der Waals surface area contributed by atoms with Gasteiger partial charge in [0.2, 0.25) is 0 Å². The molecule has 0 bridgehead atoms. The minimum atomic E-state index is -0.498. The van der Waals surface area contributed by atoms with Gasteiger partial charge >= 0.3 is 0 Å². The molecule has 0 aliphatic carbocycles. The summed E-state index contributed by atoms with van der Waals surface area (Å²) in [6.07, 6.45) is 0. The van der Waals surface area contributed by atoms with Crippen LogP contribution in [0.2, 0.25) is 0 Å². The normalized spacial score (nSPS) is 11.6. The first-order valence-electron chi connectivity index (χ1n) is 3.77. The molecule has 4 nitrogen and oxygen atoms in total. The van der Waals surface area contributed by atoms with Crippen LogP contribution in [0.5, 0.6) is 0 Å². The molecule has 0 saturated carbocycles. The first-order chi connectivity index (χ1) is 5.41. The van der Waals surface area contributed by atoms with Gasteiger partial charge in [-0.15, -0.1) is 0 Å². The van der Waals surface area contributed by atoms with Crippen LogP contribution >= 0.6 is 0 Å². The maximum Gasteiger partial charge on any atom is 0.269 e. The first-order valence-corrected chi connectivity index (χ1v) is 3.77. The number of hydrogen-bond acceptors (Lipinski definition) is 2. The second kappa shape index (κ2) is 2.62. The lowest BCUT2D eigenvalue weighted by Gasteiger charge is -2.14. The summed E-state index contributed by atoms with van der Waals surface area (Å²) in [6.45, 7) is 6.10. The standard InChI is InChI=1S/C8H13N3O/c1-8(2,3)6-4-5(7(9)12)10-11-6/h4H,1-3H3,(H2,9,12)(H,10,11). The molecule has 1 amide bonds. The van der Waals surface area contributed by atoms with Crippen LogP contribution in [0.25, 0.3) is 0 Å². The fourth-order valence-electron chi connectivity index (χ4n) is 0.832. The quantitative estimate of drug-likeness (QED) is 0.649. The Hall–Kier alpha value is -1.32. The molecule has 0 saturated heterocycles. The summed E-state index contributed by atoms with van der Waals surface area (Å²) in [5, 5.41) is 6.56. The maximum atomic E-state index is 10.7. The third kappa shape index (κ3) is 1.64. The number of nitrogens with two attached hydrogens (primary N) is 1. The number of aromatic nitrogens is 2. The van der Waals surface area contributed by atoms with Gasteiger partial charge in [0.25, 0.3) is 5.91 Å². The van der Waals surface area contributed by atoms with E-state index < -0.39 is 5.91 Å². The van der Waals surface area contributed by atoms with E-state index in [0.717, 1.165) is 5.69 Å². The van der Waals surface area contributed by atoms with Crippen LogP contribution in [0.15, 0.2) is 6.07 Å². The van der Waals surface area contributed by atoms with Gasteiger partial charge in [-0.05, 0) is 6.07 Å². The number of aromatic amines is 1. The average Bonchev–Trinajstić information content (AvgIpc) is 2.30. The zero-order chi connectivity index (χ0) is 9.35. The van der Waals surface area contributed by atoms with E-state index in [1.807, 2.05) is 20.8 Å². The molecule has 0 fully saturated rings. The van der Waals surface area contributed by atoms with Crippen LogP contribution in [-0.4, -0.2) is 16.1 Å². The summed E-state index contributed by atoms with van der Waals surface area (Å²) >= 11 is 0. The summed E-state index contributed by atoms with van der Waals surface area (Å²) in [6, 6.07) is 1.68. The Labute approximate surface area is 71.2 Å². The molecule has 0 spiro atoms. The van der Waals surface area contributed by atoms with Crippen molar-refractivity contribution in [1.82, 2.24) is 10.2 Å². The van der Waals surface area contributed by atoms with E-state index in [1.54, 1.807) is 6.07 Å². The second-order valence-electron chi connectivity index (χ2n) is 3.78. The van der Waals surface area contributed by atoms with Crippen molar-refractivity contribution in [3.05, 3.63) is 17.5 Å². The highest BCUT2D eigenvalue weighted by Gasteiger charge is 2.17. The third-order valence-corrected chi connectivity index (χ3v) is 1.64. The minimum absolute atomic E-state index is 0.0271. The molecule has 0 unspecified atom stereocenters. The lowest BCUT2D eigenvalue weighted by molar-refractivity contribution is 0.0995. The molecule has 1 heterocycles. The van der Waals surface area contributed by atoms with E-state index in [0.29, 0.717) is 5.69 Å². The molecule has 0 aromatic carbocycles. The van der Waals surface area contributed by atoms with Crippen LogP contribution in [0.1, 0.15) is 37.0 Å². The third-order valence-electron chi connectivity index (χ3n) is 1.64. The van der Waals surface area contributed by atoms with Gasteiger partial charge in [-0.3, -0.25) is 9.89 Å². The van der Waals surface area contributed by atoms with E-state index in [2.05, 4.69) is 10.2 Å². The molecule has 66 valence electrons. The van der Waals surface area contributed by atoms with Crippen molar-refractivity contribution in [3.8, 4) is 0 Å². The summed E-state index contributed by atoms with van der Waals surface area (Å²) in [5.74, 6) is -0.498. The number of nitrogens with one attached hydrogen (secondary N) is 1. The fourth-order valence-corrected chi connectivity index (χ4v) is 0.832. The van der Waals surface area contributed by atoms with E-state index in [9.17, 15) is 4.79 Å². The molecule has 0 aliphatic rings. The largest absolute Gasteiger partial charge is 0.364 e. The Balaban J connectivity index is 3.00. The van der Waals surface area contributed by atoms with E-state index in [1.165, 1.54) is 0 Å². The van der Waals surface area contributed by atoms with E-state index in [4.69, 9.17) is 5.73 Å². The molecule has 1 aromatic heterocycles. The predicted molar refractivity (Wildman–Crippen MR) is 45.8 cm³/mol. The Kier molecular flexibility index (Phi) is 1.92. The number of carbonyl (C=O) groups is 1. The molecule has 3 N–H and O–H groups in total. The molecular weight excluding hydrogens is 154 g/mol. The van der Waals surface area contributed by atoms with Gasteiger partial charge in [0, 0.05) is 11.1 Å². The molecule has 0 atom stereocenters. The van der Waals surface area contributed by atoms with Gasteiger partial charge in [0.05, 0.1) is 0 Å². The summed E-state index contributed by atoms with van der Waals surface area (Å²) in [5.41, 5.74) is 6.23. The highest BCUT2D eigenvalue weighted by atomic mass is 16.1. The predicted octanol–water partition coefficient (Wildman–Crippen LogP) is 0.806. The topological polar surface area (TPSA) is 71.8 Å². The van der Waals surface area contributed by atoms with Gasteiger partial charge in [-0.25, -0.2) is 0 Å². The van der Waals surface area contributed by atoms with E-state index in [-0.39, 0.29) is 5.41 Å². The lowest BCUT2D eigenvalue weighted by atomic mass is 9.92. The Morgan fingerprint density at radius 3 is 2.42 bits per heavy atom. The highest BCUT2D eigenvalue weighted by molar-refractivity contribution is 5.90. The van der Waals surface area contributed by atoms with E-state index >= 15 is 0 Å². The van der Waals surface area contributed by atoms with Crippen molar-refractivity contribution in [3.63, 3.8) is 0 Å². The molecule has 12 heavy (non-hydrogen) atoms. The number of primary amides is 1. The van der Waals surface area contributed by atoms with Crippen LogP contribution < -0.4 is 5.73 Å². The Bertz CT molecular complexity index is 295. The number of hydrogen-bond donors (Lipinski definition) is 2. The smallest absolute Gasteiger partial charge is 0.269 e. The second-order valence-corrected chi connectivity index (χ2v) is 3.78. The van der Waals surface area contributed by atoms with Crippen molar-refractivity contribution < 1.29 is 4.79 Å². The zero-order valence-corrected chi connectivity index (χ0v) is 7.51. The monoisotopic (exact) mass is 167 g/mol. The summed E-state index contributed by atoms with van der Waals surface area (Å²) in [4.78, 5) is 10.7. The SMILES string of the molecule is CC(C)(C)c1cc(C(N)=O)n[nH]1. The van der Waals surface area contributed by atoms with Crippen molar-refractivity contribution in [2.45, 2.75) is 26.2 Å². The Morgan fingerprint density at radius 1 is 1.58 bits per heavy atom. The fraction of sp³-hybridized carbons (Fsp3) is 0.500. The van der Waals surface area contributed by atoms with Gasteiger partial charge in [-0.1, -0.05) is 20.8 Å². The Morgan fingerprint density at radius 2 is 2.17 bits per heavy atom. The molecule has 0 radical (unpaired) electrons. The highest BCUT2D eigenvalue weighted by Crippen LogP contribution is 2.19. The van der Waals surface area contributed by atoms with Crippen LogP contribution in [0, 0.1) is 0 Å². The minimum Gasteiger partial charge on any atom is -0.364 e. The summed E-state index contributed by atoms with van der Waals surface area (Å²) < 4.78 is 0. The number of rotatable bonds is 1. The van der Waals surface area contributed by atoms with Gasteiger partial charge < -0.3 is 5.73 Å². The van der Waals surface area contributed by atoms with Crippen LogP contribution in [0.4, 0.5) is 0 Å². The van der Waals surface area contributed by atoms with Crippen molar-refractivity contribution >= 4 is 5.91 Å². The molecular formula is C8H13N3O. The van der Waals surface area contributed by atoms with Crippen molar-refractivity contribution in [1.29, 1.82) is 0 Å². The molecule has 0 aliphatic heterocycles. The number of carbonyl (C=O) groups excluding carboxylic acids is 1. The van der Waals surface area contributed by atoms with Crippen LogP contribution in [0.3, 0.4) is 0 Å². The van der Waals surface area contributed by atoms with Crippen molar-refractivity contribution in [2.75, 3.05) is 0 Å². The molecule has 1 aromatic rings. The van der Waals surface area contributed by atoms with Gasteiger partial charge in [-0.2, -0.15) is 5.10 Å². The molecule has 1 rings (SSSR count). The van der Waals surface area contributed by atoms with Crippen molar-refractivity contribution in [2.24, 2.45) is 5.73 Å². The summed E-state index contributed by atoms with van der Waals surface area (Å²) in [7, 11) is 0. The van der Waals surface area contributed by atoms with Gasteiger partial charge in [0.1, 0.15) is 5.69 Å².